The number of hydrogen-bond donors (Lipinski definition) is 1. The first-order valence-electron chi connectivity index (χ1n) is 7.57. The second-order valence-corrected chi connectivity index (χ2v) is 5.20. The molecule has 1 aromatic rings. The molecule has 1 heterocycles. The summed E-state index contributed by atoms with van der Waals surface area (Å²) in [4.78, 5) is 25.4. The molecule has 1 aliphatic rings. The minimum atomic E-state index is -0.208. The van der Waals surface area contributed by atoms with Crippen LogP contribution in [0.2, 0.25) is 0 Å². The third-order valence-corrected chi connectivity index (χ3v) is 3.65. The van der Waals surface area contributed by atoms with Crippen LogP contribution in [-0.2, 0) is 9.59 Å². The van der Waals surface area contributed by atoms with Crippen LogP contribution in [0.5, 0.6) is 5.75 Å². The summed E-state index contributed by atoms with van der Waals surface area (Å²) < 4.78 is 5.21. The molecule has 22 heavy (non-hydrogen) atoms. The summed E-state index contributed by atoms with van der Waals surface area (Å²) in [6, 6.07) is 7.47. The van der Waals surface area contributed by atoms with E-state index >= 15 is 0 Å². The molecule has 0 bridgehead atoms. The van der Waals surface area contributed by atoms with Gasteiger partial charge in [0.25, 0.3) is 0 Å². The van der Waals surface area contributed by atoms with Crippen molar-refractivity contribution in [1.29, 1.82) is 0 Å². The molecule has 2 rings (SSSR count). The van der Waals surface area contributed by atoms with Crippen molar-refractivity contribution in [3.05, 3.63) is 35.9 Å². The van der Waals surface area contributed by atoms with E-state index in [1.807, 2.05) is 29.2 Å². The first-order valence-corrected chi connectivity index (χ1v) is 7.57. The predicted molar refractivity (Wildman–Crippen MR) is 85.5 cm³/mol. The number of carbonyl (C=O) groups excluding carboxylic acids is 2. The van der Waals surface area contributed by atoms with Crippen LogP contribution < -0.4 is 10.1 Å². The molecule has 1 aromatic carbocycles. The molecule has 1 saturated heterocycles. The number of amides is 2. The lowest BCUT2D eigenvalue weighted by Crippen LogP contribution is -2.32. The number of nitrogens with zero attached hydrogens (tertiary/aromatic N) is 1. The van der Waals surface area contributed by atoms with Gasteiger partial charge in [-0.3, -0.25) is 9.59 Å². The molecule has 0 saturated carbocycles. The Morgan fingerprint density at radius 1 is 1.27 bits per heavy atom. The summed E-state index contributed by atoms with van der Waals surface area (Å²) in [7, 11) is 1.59. The van der Waals surface area contributed by atoms with Gasteiger partial charge in [0.05, 0.1) is 7.11 Å². The second kappa shape index (κ2) is 8.22. The SMILES string of the molecule is COc1ccccc1C=CC(=O)NCCC(=O)N1CCCC1. The van der Waals surface area contributed by atoms with Crippen molar-refractivity contribution in [3.63, 3.8) is 0 Å². The summed E-state index contributed by atoms with van der Waals surface area (Å²) >= 11 is 0. The highest BCUT2D eigenvalue weighted by atomic mass is 16.5. The number of carbonyl (C=O) groups is 2. The van der Waals surface area contributed by atoms with Crippen LogP contribution >= 0.6 is 0 Å². The summed E-state index contributed by atoms with van der Waals surface area (Å²) in [5.74, 6) is 0.627. The van der Waals surface area contributed by atoms with E-state index in [0.717, 1.165) is 37.2 Å². The molecule has 5 nitrogen and oxygen atoms in total. The number of nitrogens with one attached hydrogen (secondary N) is 1. The molecule has 0 aromatic heterocycles. The molecule has 0 radical (unpaired) electrons. The van der Waals surface area contributed by atoms with E-state index in [4.69, 9.17) is 4.74 Å². The fraction of sp³-hybridized carbons (Fsp3) is 0.412. The zero-order chi connectivity index (χ0) is 15.8. The molecule has 1 aliphatic heterocycles. The van der Waals surface area contributed by atoms with Crippen LogP contribution in [-0.4, -0.2) is 43.5 Å². The number of likely N-dealkylation sites (tertiary alicyclic amines) is 1. The second-order valence-electron chi connectivity index (χ2n) is 5.20. The van der Waals surface area contributed by atoms with Crippen molar-refractivity contribution in [2.75, 3.05) is 26.7 Å². The Kier molecular flexibility index (Phi) is 6.01. The maximum Gasteiger partial charge on any atom is 0.244 e. The monoisotopic (exact) mass is 302 g/mol. The number of para-hydroxylation sites is 1. The van der Waals surface area contributed by atoms with Gasteiger partial charge >= 0.3 is 0 Å². The van der Waals surface area contributed by atoms with Gasteiger partial charge in [0.15, 0.2) is 0 Å². The number of benzene rings is 1. The summed E-state index contributed by atoms with van der Waals surface area (Å²) in [5.41, 5.74) is 0.841. The zero-order valence-electron chi connectivity index (χ0n) is 12.9. The number of ether oxygens (including phenoxy) is 1. The molecule has 5 heteroatoms. The minimum absolute atomic E-state index is 0.117. The van der Waals surface area contributed by atoms with Crippen molar-refractivity contribution >= 4 is 17.9 Å². The summed E-state index contributed by atoms with van der Waals surface area (Å²) in [5, 5.41) is 2.73. The Morgan fingerprint density at radius 2 is 2.00 bits per heavy atom. The van der Waals surface area contributed by atoms with E-state index in [2.05, 4.69) is 5.32 Å². The third kappa shape index (κ3) is 4.62. The molecule has 118 valence electrons. The van der Waals surface area contributed by atoms with Crippen molar-refractivity contribution in [3.8, 4) is 5.75 Å². The Bertz CT molecular complexity index is 549. The van der Waals surface area contributed by atoms with Crippen LogP contribution in [0.4, 0.5) is 0 Å². The van der Waals surface area contributed by atoms with Gasteiger partial charge in [-0.15, -0.1) is 0 Å². The highest BCUT2D eigenvalue weighted by Gasteiger charge is 2.17. The third-order valence-electron chi connectivity index (χ3n) is 3.65. The van der Waals surface area contributed by atoms with E-state index < -0.39 is 0 Å². The van der Waals surface area contributed by atoms with E-state index in [0.29, 0.717) is 13.0 Å². The molecule has 0 unspecified atom stereocenters. The molecule has 0 atom stereocenters. The quantitative estimate of drug-likeness (QED) is 0.816. The fourth-order valence-electron chi connectivity index (χ4n) is 2.45. The van der Waals surface area contributed by atoms with Crippen LogP contribution in [0.25, 0.3) is 6.08 Å². The van der Waals surface area contributed by atoms with Crippen LogP contribution in [0.3, 0.4) is 0 Å². The first-order chi connectivity index (χ1) is 10.7. The highest BCUT2D eigenvalue weighted by Crippen LogP contribution is 2.18. The molecular formula is C17H22N2O3. The standard InChI is InChI=1S/C17H22N2O3/c1-22-15-7-3-2-6-14(15)8-9-16(20)18-11-10-17(21)19-12-4-5-13-19/h2-3,6-9H,4-5,10-13H2,1H3,(H,18,20). The Morgan fingerprint density at radius 3 is 2.73 bits per heavy atom. The van der Waals surface area contributed by atoms with Gasteiger partial charge < -0.3 is 15.0 Å². The number of hydrogen-bond acceptors (Lipinski definition) is 3. The molecule has 0 spiro atoms. The van der Waals surface area contributed by atoms with Crippen LogP contribution in [0.1, 0.15) is 24.8 Å². The van der Waals surface area contributed by atoms with Gasteiger partial charge in [-0.1, -0.05) is 18.2 Å². The van der Waals surface area contributed by atoms with E-state index in [1.165, 1.54) is 6.08 Å². The van der Waals surface area contributed by atoms with E-state index in [1.54, 1.807) is 13.2 Å². The molecule has 1 N–H and O–H groups in total. The zero-order valence-corrected chi connectivity index (χ0v) is 12.9. The molecule has 2 amide bonds. The normalized spacial score (nSPS) is 14.3. The number of methoxy groups -OCH3 is 1. The van der Waals surface area contributed by atoms with Crippen molar-refractivity contribution < 1.29 is 14.3 Å². The molecular weight excluding hydrogens is 280 g/mol. The van der Waals surface area contributed by atoms with Gasteiger partial charge in [0.1, 0.15) is 5.75 Å². The largest absolute Gasteiger partial charge is 0.496 e. The predicted octanol–water partition coefficient (Wildman–Crippen LogP) is 1.84. The van der Waals surface area contributed by atoms with Crippen LogP contribution in [0, 0.1) is 0 Å². The van der Waals surface area contributed by atoms with Gasteiger partial charge in [-0.25, -0.2) is 0 Å². The van der Waals surface area contributed by atoms with Crippen molar-refractivity contribution in [1.82, 2.24) is 10.2 Å². The summed E-state index contributed by atoms with van der Waals surface area (Å²) in [6.07, 6.45) is 5.68. The smallest absolute Gasteiger partial charge is 0.244 e. The maximum atomic E-state index is 11.8. The Balaban J connectivity index is 1.75. The van der Waals surface area contributed by atoms with Crippen LogP contribution in [0.15, 0.2) is 30.3 Å². The van der Waals surface area contributed by atoms with Gasteiger partial charge in [0.2, 0.25) is 11.8 Å². The lowest BCUT2D eigenvalue weighted by molar-refractivity contribution is -0.130. The average molecular weight is 302 g/mol. The van der Waals surface area contributed by atoms with Gasteiger partial charge in [0, 0.05) is 37.7 Å². The Labute approximate surface area is 130 Å². The lowest BCUT2D eigenvalue weighted by atomic mass is 10.2. The molecule has 0 aliphatic carbocycles. The summed E-state index contributed by atoms with van der Waals surface area (Å²) in [6.45, 7) is 2.06. The van der Waals surface area contributed by atoms with Gasteiger partial charge in [-0.2, -0.15) is 0 Å². The minimum Gasteiger partial charge on any atom is -0.496 e. The number of rotatable bonds is 6. The first kappa shape index (κ1) is 16.1. The highest BCUT2D eigenvalue weighted by molar-refractivity contribution is 5.92. The lowest BCUT2D eigenvalue weighted by Gasteiger charge is -2.14. The topological polar surface area (TPSA) is 58.6 Å². The van der Waals surface area contributed by atoms with Crippen molar-refractivity contribution in [2.45, 2.75) is 19.3 Å². The van der Waals surface area contributed by atoms with Gasteiger partial charge in [-0.05, 0) is 25.0 Å². The average Bonchev–Trinajstić information content (AvgIpc) is 3.07. The molecule has 1 fully saturated rings. The van der Waals surface area contributed by atoms with Crippen molar-refractivity contribution in [2.24, 2.45) is 0 Å². The van der Waals surface area contributed by atoms with E-state index in [-0.39, 0.29) is 11.8 Å². The fourth-order valence-corrected chi connectivity index (χ4v) is 2.45. The van der Waals surface area contributed by atoms with E-state index in [9.17, 15) is 9.59 Å². The maximum absolute atomic E-state index is 11.8. The Hall–Kier alpha value is -2.30.